The molecule has 0 unspecified atom stereocenters. The Hall–Kier alpha value is -2.16. The third-order valence-corrected chi connectivity index (χ3v) is 2.56. The largest absolute Gasteiger partial charge is 0.298 e. The van der Waals surface area contributed by atoms with Crippen LogP contribution in [0.1, 0.15) is 10.4 Å². The van der Waals surface area contributed by atoms with Crippen LogP contribution in [0.25, 0.3) is 16.3 Å². The standard InChI is InChI=1S/C12H8N2O/c15-8-10-7-13-14-6-5-9-3-1-2-4-11(9)12(10)14/h1-8H. The Labute approximate surface area is 85.9 Å². The average molecular weight is 196 g/mol. The van der Waals surface area contributed by atoms with Crippen molar-refractivity contribution in [1.82, 2.24) is 9.61 Å². The lowest BCUT2D eigenvalue weighted by Gasteiger charge is -2.00. The summed E-state index contributed by atoms with van der Waals surface area (Å²) in [6.45, 7) is 0. The van der Waals surface area contributed by atoms with Gasteiger partial charge in [0.1, 0.15) is 0 Å². The first-order valence-corrected chi connectivity index (χ1v) is 4.70. The van der Waals surface area contributed by atoms with Crippen molar-refractivity contribution in [2.45, 2.75) is 0 Å². The zero-order valence-corrected chi connectivity index (χ0v) is 7.92. The summed E-state index contributed by atoms with van der Waals surface area (Å²) in [5, 5.41) is 6.30. The number of aldehydes is 1. The predicted molar refractivity (Wildman–Crippen MR) is 58.1 cm³/mol. The Morgan fingerprint density at radius 2 is 2.07 bits per heavy atom. The van der Waals surface area contributed by atoms with Crippen molar-refractivity contribution in [3.63, 3.8) is 0 Å². The molecule has 2 heterocycles. The third kappa shape index (κ3) is 1.06. The summed E-state index contributed by atoms with van der Waals surface area (Å²) in [7, 11) is 0. The Balaban J connectivity index is 2.61. The maximum absolute atomic E-state index is 10.9. The van der Waals surface area contributed by atoms with Crippen LogP contribution in [-0.4, -0.2) is 15.9 Å². The van der Waals surface area contributed by atoms with Crippen LogP contribution in [-0.2, 0) is 0 Å². The van der Waals surface area contributed by atoms with Crippen LogP contribution in [0.15, 0.2) is 42.7 Å². The van der Waals surface area contributed by atoms with E-state index in [1.807, 2.05) is 36.5 Å². The molecule has 0 N–H and O–H groups in total. The van der Waals surface area contributed by atoms with E-state index in [9.17, 15) is 4.79 Å². The number of benzene rings is 1. The summed E-state index contributed by atoms with van der Waals surface area (Å²) in [5.41, 5.74) is 1.51. The summed E-state index contributed by atoms with van der Waals surface area (Å²) < 4.78 is 1.73. The molecule has 0 amide bonds. The molecular formula is C12H8N2O. The van der Waals surface area contributed by atoms with Gasteiger partial charge in [0.25, 0.3) is 0 Å². The fraction of sp³-hybridized carbons (Fsp3) is 0. The highest BCUT2D eigenvalue weighted by Gasteiger charge is 2.06. The van der Waals surface area contributed by atoms with Crippen molar-refractivity contribution in [2.75, 3.05) is 0 Å². The van der Waals surface area contributed by atoms with Crippen molar-refractivity contribution in [1.29, 1.82) is 0 Å². The molecular weight excluding hydrogens is 188 g/mol. The second-order valence-corrected chi connectivity index (χ2v) is 3.41. The lowest BCUT2D eigenvalue weighted by molar-refractivity contribution is 0.112. The summed E-state index contributed by atoms with van der Waals surface area (Å²) in [5.74, 6) is 0. The van der Waals surface area contributed by atoms with E-state index in [1.54, 1.807) is 10.7 Å². The fourth-order valence-electron chi connectivity index (χ4n) is 1.86. The van der Waals surface area contributed by atoms with Gasteiger partial charge in [-0.3, -0.25) is 4.79 Å². The summed E-state index contributed by atoms with van der Waals surface area (Å²) >= 11 is 0. The van der Waals surface area contributed by atoms with Gasteiger partial charge in [0, 0.05) is 11.6 Å². The van der Waals surface area contributed by atoms with Crippen LogP contribution < -0.4 is 0 Å². The molecule has 3 aromatic rings. The van der Waals surface area contributed by atoms with Gasteiger partial charge in [0.15, 0.2) is 6.29 Å². The van der Waals surface area contributed by atoms with Crippen LogP contribution in [0.2, 0.25) is 0 Å². The van der Waals surface area contributed by atoms with Crippen LogP contribution in [0.5, 0.6) is 0 Å². The van der Waals surface area contributed by atoms with Gasteiger partial charge in [-0.05, 0) is 11.5 Å². The third-order valence-electron chi connectivity index (χ3n) is 2.56. The first-order chi connectivity index (χ1) is 7.40. The van der Waals surface area contributed by atoms with Crippen molar-refractivity contribution in [3.8, 4) is 0 Å². The molecule has 15 heavy (non-hydrogen) atoms. The van der Waals surface area contributed by atoms with Crippen molar-refractivity contribution < 1.29 is 4.79 Å². The van der Waals surface area contributed by atoms with Gasteiger partial charge in [-0.1, -0.05) is 24.3 Å². The summed E-state index contributed by atoms with van der Waals surface area (Å²) in [6, 6.07) is 9.96. The monoisotopic (exact) mass is 196 g/mol. The second kappa shape index (κ2) is 2.92. The molecule has 3 heteroatoms. The maximum Gasteiger partial charge on any atom is 0.153 e. The van der Waals surface area contributed by atoms with Crippen molar-refractivity contribution in [2.24, 2.45) is 0 Å². The number of hydrogen-bond acceptors (Lipinski definition) is 2. The molecule has 0 saturated heterocycles. The normalized spacial score (nSPS) is 10.9. The van der Waals surface area contributed by atoms with Crippen LogP contribution >= 0.6 is 0 Å². The van der Waals surface area contributed by atoms with Crippen LogP contribution in [0.4, 0.5) is 0 Å². The zero-order valence-electron chi connectivity index (χ0n) is 7.92. The predicted octanol–water partition coefficient (Wildman–Crippen LogP) is 2.30. The lowest BCUT2D eigenvalue weighted by atomic mass is 10.1. The molecule has 2 aromatic heterocycles. The van der Waals surface area contributed by atoms with Crippen molar-refractivity contribution >= 4 is 22.6 Å². The Kier molecular flexibility index (Phi) is 1.59. The first kappa shape index (κ1) is 8.17. The number of aromatic nitrogens is 2. The molecule has 1 aromatic carbocycles. The molecule has 0 aliphatic carbocycles. The SMILES string of the molecule is O=Cc1cnn2ccc3ccccc3c12. The Bertz CT molecular complexity index is 655. The van der Waals surface area contributed by atoms with Crippen LogP contribution in [0, 0.1) is 0 Å². The quantitative estimate of drug-likeness (QED) is 0.559. The molecule has 0 spiro atoms. The summed E-state index contributed by atoms with van der Waals surface area (Å²) in [6.07, 6.45) is 4.30. The van der Waals surface area contributed by atoms with E-state index in [0.717, 1.165) is 22.6 Å². The Morgan fingerprint density at radius 1 is 1.20 bits per heavy atom. The van der Waals surface area contributed by atoms with Crippen LogP contribution in [0.3, 0.4) is 0 Å². The minimum atomic E-state index is 0.631. The van der Waals surface area contributed by atoms with Gasteiger partial charge >= 0.3 is 0 Å². The number of carbonyl (C=O) groups excluding carboxylic acids is 1. The van der Waals surface area contributed by atoms with E-state index >= 15 is 0 Å². The van der Waals surface area contributed by atoms with E-state index in [4.69, 9.17) is 0 Å². The van der Waals surface area contributed by atoms with Gasteiger partial charge in [-0.25, -0.2) is 4.52 Å². The number of carbonyl (C=O) groups is 1. The van der Waals surface area contributed by atoms with Gasteiger partial charge in [0.05, 0.1) is 17.3 Å². The highest BCUT2D eigenvalue weighted by Crippen LogP contribution is 2.21. The van der Waals surface area contributed by atoms with Gasteiger partial charge in [-0.2, -0.15) is 5.10 Å². The lowest BCUT2D eigenvalue weighted by Crippen LogP contribution is -1.87. The first-order valence-electron chi connectivity index (χ1n) is 4.70. The van der Waals surface area contributed by atoms with Crippen molar-refractivity contribution in [3.05, 3.63) is 48.3 Å². The molecule has 72 valence electrons. The topological polar surface area (TPSA) is 34.4 Å². The smallest absolute Gasteiger partial charge is 0.153 e. The van der Waals surface area contributed by atoms with Gasteiger partial charge in [0.2, 0.25) is 0 Å². The number of pyridine rings is 1. The molecule has 0 saturated carbocycles. The van der Waals surface area contributed by atoms with E-state index in [2.05, 4.69) is 5.10 Å². The number of hydrogen-bond donors (Lipinski definition) is 0. The Morgan fingerprint density at radius 3 is 2.93 bits per heavy atom. The molecule has 3 rings (SSSR count). The second-order valence-electron chi connectivity index (χ2n) is 3.41. The van der Waals surface area contributed by atoms with E-state index in [-0.39, 0.29) is 0 Å². The highest BCUT2D eigenvalue weighted by atomic mass is 16.1. The fourth-order valence-corrected chi connectivity index (χ4v) is 1.86. The van der Waals surface area contributed by atoms with E-state index in [1.165, 1.54) is 0 Å². The van der Waals surface area contributed by atoms with Gasteiger partial charge in [-0.15, -0.1) is 0 Å². The number of nitrogens with zero attached hydrogens (tertiary/aromatic N) is 2. The zero-order chi connectivity index (χ0) is 10.3. The van der Waals surface area contributed by atoms with E-state index in [0.29, 0.717) is 5.56 Å². The minimum Gasteiger partial charge on any atom is -0.298 e. The molecule has 0 aliphatic rings. The maximum atomic E-state index is 10.9. The minimum absolute atomic E-state index is 0.631. The van der Waals surface area contributed by atoms with Gasteiger partial charge < -0.3 is 0 Å². The molecule has 0 aliphatic heterocycles. The highest BCUT2D eigenvalue weighted by molar-refractivity contribution is 6.03. The molecule has 0 bridgehead atoms. The molecule has 0 radical (unpaired) electrons. The molecule has 0 atom stereocenters. The van der Waals surface area contributed by atoms with E-state index < -0.39 is 0 Å². The molecule has 0 fully saturated rings. The average Bonchev–Trinajstić information content (AvgIpc) is 2.72. The number of fused-ring (bicyclic) bond motifs is 3. The summed E-state index contributed by atoms with van der Waals surface area (Å²) in [4.78, 5) is 10.9. The number of rotatable bonds is 1. The molecule has 3 nitrogen and oxygen atoms in total.